The van der Waals surface area contributed by atoms with Crippen LogP contribution in [-0.2, 0) is 6.54 Å². The molecule has 1 saturated heterocycles. The predicted molar refractivity (Wildman–Crippen MR) is 76.8 cm³/mol. The summed E-state index contributed by atoms with van der Waals surface area (Å²) in [6, 6.07) is 1.57. The molecule has 1 aliphatic heterocycles. The fraction of sp³-hybridized carbons (Fsp3) is 0.615. The molecular weight excluding hydrogens is 276 g/mol. The smallest absolute Gasteiger partial charge is 0.275 e. The van der Waals surface area contributed by atoms with E-state index in [0.29, 0.717) is 17.4 Å². The normalized spacial score (nSPS) is 20.6. The number of aromatic nitrogens is 3. The topological polar surface area (TPSA) is 70.7 Å². The summed E-state index contributed by atoms with van der Waals surface area (Å²) in [6.45, 7) is 2.96. The Morgan fingerprint density at radius 1 is 1.50 bits per heavy atom. The van der Waals surface area contributed by atoms with Gasteiger partial charge in [0.2, 0.25) is 4.96 Å². The molecule has 2 aromatic heterocycles. The first-order valence-electron chi connectivity index (χ1n) is 6.92. The lowest BCUT2D eigenvalue weighted by Gasteiger charge is -2.32. The van der Waals surface area contributed by atoms with Gasteiger partial charge >= 0.3 is 0 Å². The molecule has 7 heteroatoms. The fourth-order valence-electron chi connectivity index (χ4n) is 2.82. The molecule has 3 heterocycles. The van der Waals surface area contributed by atoms with E-state index in [0.717, 1.165) is 31.6 Å². The quantitative estimate of drug-likeness (QED) is 0.901. The number of piperidine rings is 1. The summed E-state index contributed by atoms with van der Waals surface area (Å²) >= 11 is 1.38. The maximum Gasteiger partial charge on any atom is 0.275 e. The lowest BCUT2D eigenvalue weighted by atomic mass is 9.95. The summed E-state index contributed by atoms with van der Waals surface area (Å²) < 4.78 is 1.33. The molecule has 2 aromatic rings. The van der Waals surface area contributed by atoms with Crippen LogP contribution in [0.1, 0.15) is 25.0 Å². The summed E-state index contributed by atoms with van der Waals surface area (Å²) in [6.07, 6.45) is 3.19. The Morgan fingerprint density at radius 3 is 3.25 bits per heavy atom. The Kier molecular flexibility index (Phi) is 4.09. The molecule has 0 amide bonds. The Bertz CT molecular complexity index is 637. The predicted octanol–water partition coefficient (Wildman–Crippen LogP) is 0.745. The molecule has 0 saturated carbocycles. The molecular formula is C13H18N4O2S. The van der Waals surface area contributed by atoms with Crippen LogP contribution in [0.25, 0.3) is 4.96 Å². The van der Waals surface area contributed by atoms with Gasteiger partial charge in [-0.25, -0.2) is 4.98 Å². The molecule has 1 unspecified atom stereocenters. The molecule has 1 atom stereocenters. The molecule has 3 rings (SSSR count). The average molecular weight is 294 g/mol. The van der Waals surface area contributed by atoms with Crippen molar-refractivity contribution in [1.29, 1.82) is 0 Å². The molecule has 20 heavy (non-hydrogen) atoms. The summed E-state index contributed by atoms with van der Waals surface area (Å²) in [5, 5.41) is 13.0. The minimum Gasteiger partial charge on any atom is -0.396 e. The van der Waals surface area contributed by atoms with Gasteiger partial charge in [-0.05, 0) is 31.7 Å². The fourth-order valence-corrected chi connectivity index (χ4v) is 3.47. The maximum absolute atomic E-state index is 11.9. The lowest BCUT2D eigenvalue weighted by Crippen LogP contribution is -2.35. The van der Waals surface area contributed by atoms with Gasteiger partial charge in [-0.15, -0.1) is 0 Å². The van der Waals surface area contributed by atoms with Crippen molar-refractivity contribution in [2.24, 2.45) is 5.92 Å². The Morgan fingerprint density at radius 2 is 2.40 bits per heavy atom. The number of aliphatic hydroxyl groups is 1. The van der Waals surface area contributed by atoms with Gasteiger partial charge in [-0.1, -0.05) is 11.3 Å². The van der Waals surface area contributed by atoms with Crippen molar-refractivity contribution in [3.8, 4) is 0 Å². The number of nitrogens with zero attached hydrogens (tertiary/aromatic N) is 4. The highest BCUT2D eigenvalue weighted by Gasteiger charge is 2.20. The van der Waals surface area contributed by atoms with Crippen molar-refractivity contribution < 1.29 is 5.11 Å². The van der Waals surface area contributed by atoms with Crippen molar-refractivity contribution in [2.45, 2.75) is 25.8 Å². The van der Waals surface area contributed by atoms with Crippen molar-refractivity contribution >= 4 is 16.3 Å². The standard InChI is InChI=1S/C13H18N4O2S/c18-5-3-10-2-1-4-16(7-10)8-11-6-12(19)17-13(15-11)20-9-14-17/h6,9-10,18H,1-5,7-8H2. The van der Waals surface area contributed by atoms with E-state index in [1.54, 1.807) is 11.6 Å². The molecule has 0 radical (unpaired) electrons. The van der Waals surface area contributed by atoms with Crippen LogP contribution in [0.4, 0.5) is 0 Å². The van der Waals surface area contributed by atoms with Gasteiger partial charge < -0.3 is 5.11 Å². The first-order valence-corrected chi connectivity index (χ1v) is 7.80. The molecule has 1 N–H and O–H groups in total. The first-order chi connectivity index (χ1) is 9.76. The van der Waals surface area contributed by atoms with Crippen LogP contribution < -0.4 is 5.56 Å². The van der Waals surface area contributed by atoms with Crippen molar-refractivity contribution in [3.63, 3.8) is 0 Å². The third kappa shape index (κ3) is 2.89. The number of hydrogen-bond acceptors (Lipinski definition) is 6. The van der Waals surface area contributed by atoms with Crippen LogP contribution >= 0.6 is 11.3 Å². The van der Waals surface area contributed by atoms with E-state index in [1.807, 2.05) is 0 Å². The number of likely N-dealkylation sites (tertiary alicyclic amines) is 1. The first kappa shape index (κ1) is 13.7. The molecule has 0 bridgehead atoms. The van der Waals surface area contributed by atoms with Gasteiger partial charge in [0.15, 0.2) is 0 Å². The van der Waals surface area contributed by atoms with Gasteiger partial charge in [-0.2, -0.15) is 9.61 Å². The molecule has 108 valence electrons. The zero-order chi connectivity index (χ0) is 13.9. The van der Waals surface area contributed by atoms with Gasteiger partial charge in [0.25, 0.3) is 5.56 Å². The largest absolute Gasteiger partial charge is 0.396 e. The van der Waals surface area contributed by atoms with E-state index >= 15 is 0 Å². The van der Waals surface area contributed by atoms with Gasteiger partial charge in [-0.3, -0.25) is 9.69 Å². The second-order valence-electron chi connectivity index (χ2n) is 5.27. The molecule has 0 aliphatic carbocycles. The average Bonchev–Trinajstić information content (AvgIpc) is 2.88. The zero-order valence-electron chi connectivity index (χ0n) is 11.2. The molecule has 6 nitrogen and oxygen atoms in total. The van der Waals surface area contributed by atoms with Crippen molar-refractivity contribution in [2.75, 3.05) is 19.7 Å². The van der Waals surface area contributed by atoms with Crippen LogP contribution in [0.5, 0.6) is 0 Å². The molecule has 0 aromatic carbocycles. The molecule has 0 spiro atoms. The van der Waals surface area contributed by atoms with Crippen LogP contribution in [0, 0.1) is 5.92 Å². The lowest BCUT2D eigenvalue weighted by molar-refractivity contribution is 0.141. The maximum atomic E-state index is 11.9. The number of hydrogen-bond donors (Lipinski definition) is 1. The molecule has 1 aliphatic rings. The number of fused-ring (bicyclic) bond motifs is 1. The Hall–Kier alpha value is -1.31. The SMILES string of the molecule is O=c1cc(CN2CCCC(CCO)C2)nc2scnn12. The van der Waals surface area contributed by atoms with Crippen LogP contribution in [-0.4, -0.2) is 44.3 Å². The summed E-state index contributed by atoms with van der Waals surface area (Å²) in [7, 11) is 0. The Balaban J connectivity index is 1.73. The Labute approximate surface area is 120 Å². The third-order valence-corrected chi connectivity index (χ3v) is 4.44. The highest BCUT2D eigenvalue weighted by atomic mass is 32.1. The van der Waals surface area contributed by atoms with E-state index in [1.165, 1.54) is 22.3 Å². The van der Waals surface area contributed by atoms with E-state index in [2.05, 4.69) is 15.0 Å². The second-order valence-corrected chi connectivity index (χ2v) is 6.09. The number of rotatable bonds is 4. The summed E-state index contributed by atoms with van der Waals surface area (Å²) in [4.78, 5) is 19.3. The van der Waals surface area contributed by atoms with Crippen molar-refractivity contribution in [3.05, 3.63) is 27.6 Å². The van der Waals surface area contributed by atoms with Crippen LogP contribution in [0.2, 0.25) is 0 Å². The zero-order valence-corrected chi connectivity index (χ0v) is 12.1. The van der Waals surface area contributed by atoms with E-state index in [-0.39, 0.29) is 12.2 Å². The number of aliphatic hydroxyl groups excluding tert-OH is 1. The highest BCUT2D eigenvalue weighted by Crippen LogP contribution is 2.20. The van der Waals surface area contributed by atoms with E-state index < -0.39 is 0 Å². The monoisotopic (exact) mass is 294 g/mol. The van der Waals surface area contributed by atoms with Crippen molar-refractivity contribution in [1.82, 2.24) is 19.5 Å². The van der Waals surface area contributed by atoms with Gasteiger partial charge in [0, 0.05) is 25.8 Å². The minimum absolute atomic E-state index is 0.116. The summed E-state index contributed by atoms with van der Waals surface area (Å²) in [5.41, 5.74) is 2.32. The van der Waals surface area contributed by atoms with E-state index in [4.69, 9.17) is 5.11 Å². The minimum atomic E-state index is -0.116. The van der Waals surface area contributed by atoms with E-state index in [9.17, 15) is 4.79 Å². The second kappa shape index (κ2) is 5.99. The van der Waals surface area contributed by atoms with Gasteiger partial charge in [0.1, 0.15) is 5.51 Å². The van der Waals surface area contributed by atoms with Crippen LogP contribution in [0.15, 0.2) is 16.4 Å². The van der Waals surface area contributed by atoms with Crippen LogP contribution in [0.3, 0.4) is 0 Å². The third-order valence-electron chi connectivity index (χ3n) is 3.77. The highest BCUT2D eigenvalue weighted by molar-refractivity contribution is 7.14. The summed E-state index contributed by atoms with van der Waals surface area (Å²) in [5.74, 6) is 0.557. The van der Waals surface area contributed by atoms with Gasteiger partial charge in [0.05, 0.1) is 5.69 Å². The molecule has 1 fully saturated rings.